The maximum atomic E-state index is 9.49. The Balaban J connectivity index is 2.22. The van der Waals surface area contributed by atoms with E-state index >= 15 is 0 Å². The highest BCUT2D eigenvalue weighted by Crippen LogP contribution is 2.31. The molecule has 0 saturated heterocycles. The van der Waals surface area contributed by atoms with Crippen molar-refractivity contribution in [2.24, 2.45) is 0 Å². The van der Waals surface area contributed by atoms with Gasteiger partial charge in [-0.2, -0.15) is 0 Å². The molecular formula is C16H13BO3. The molecule has 0 aliphatic heterocycles. The fourth-order valence-electron chi connectivity index (χ4n) is 2.30. The lowest BCUT2D eigenvalue weighted by Gasteiger charge is -2.06. The van der Waals surface area contributed by atoms with Gasteiger partial charge >= 0.3 is 7.12 Å². The van der Waals surface area contributed by atoms with Gasteiger partial charge in [0.25, 0.3) is 0 Å². The average Bonchev–Trinajstić information content (AvgIpc) is 2.94. The first kappa shape index (κ1) is 12.7. The summed E-state index contributed by atoms with van der Waals surface area (Å²) in [5.41, 5.74) is 3.59. The van der Waals surface area contributed by atoms with Gasteiger partial charge in [-0.05, 0) is 11.1 Å². The van der Waals surface area contributed by atoms with Crippen molar-refractivity contribution in [3.8, 4) is 22.3 Å². The number of hydrogen-bond donors (Lipinski definition) is 2. The molecule has 0 amide bonds. The summed E-state index contributed by atoms with van der Waals surface area (Å²) in [7, 11) is -1.64. The summed E-state index contributed by atoms with van der Waals surface area (Å²) in [6.45, 7) is 0. The summed E-state index contributed by atoms with van der Waals surface area (Å²) >= 11 is 0. The summed E-state index contributed by atoms with van der Waals surface area (Å²) in [5.74, 6) is 0. The van der Waals surface area contributed by atoms with Crippen LogP contribution in [0, 0.1) is 0 Å². The predicted octanol–water partition coefficient (Wildman–Crippen LogP) is 2.29. The fraction of sp³-hybridized carbons (Fsp3) is 0. The molecule has 20 heavy (non-hydrogen) atoms. The van der Waals surface area contributed by atoms with Crippen LogP contribution < -0.4 is 5.66 Å². The molecule has 0 spiro atoms. The van der Waals surface area contributed by atoms with Crippen LogP contribution in [0.3, 0.4) is 0 Å². The van der Waals surface area contributed by atoms with Crippen molar-refractivity contribution in [2.45, 2.75) is 0 Å². The predicted molar refractivity (Wildman–Crippen MR) is 79.4 cm³/mol. The molecule has 3 nitrogen and oxygen atoms in total. The minimum absolute atomic E-state index is 0.162. The Kier molecular flexibility index (Phi) is 3.42. The number of furan rings is 1. The molecule has 0 bridgehead atoms. The van der Waals surface area contributed by atoms with Gasteiger partial charge in [-0.15, -0.1) is 0 Å². The summed E-state index contributed by atoms with van der Waals surface area (Å²) in [4.78, 5) is 0. The van der Waals surface area contributed by atoms with Crippen molar-refractivity contribution in [3.05, 3.63) is 66.9 Å². The van der Waals surface area contributed by atoms with Gasteiger partial charge in [0.2, 0.25) is 0 Å². The van der Waals surface area contributed by atoms with Crippen molar-refractivity contribution in [1.29, 1.82) is 0 Å². The molecule has 2 aromatic carbocycles. The molecule has 2 N–H and O–H groups in total. The van der Waals surface area contributed by atoms with E-state index in [4.69, 9.17) is 4.42 Å². The van der Waals surface area contributed by atoms with Crippen LogP contribution in [0.25, 0.3) is 22.3 Å². The summed E-state index contributed by atoms with van der Waals surface area (Å²) in [6.07, 6.45) is 1.56. The molecule has 0 aliphatic carbocycles. The van der Waals surface area contributed by atoms with Crippen molar-refractivity contribution < 1.29 is 14.5 Å². The van der Waals surface area contributed by atoms with Crippen molar-refractivity contribution >= 4 is 12.8 Å². The normalized spacial score (nSPS) is 10.5. The van der Waals surface area contributed by atoms with E-state index in [2.05, 4.69) is 0 Å². The van der Waals surface area contributed by atoms with E-state index in [1.165, 1.54) is 0 Å². The van der Waals surface area contributed by atoms with Crippen LogP contribution in [0.1, 0.15) is 0 Å². The van der Waals surface area contributed by atoms with E-state index < -0.39 is 7.12 Å². The number of hydrogen-bond acceptors (Lipinski definition) is 3. The van der Waals surface area contributed by atoms with Gasteiger partial charge in [-0.3, -0.25) is 0 Å². The van der Waals surface area contributed by atoms with Crippen LogP contribution in [0.4, 0.5) is 0 Å². The first-order chi connectivity index (χ1) is 9.77. The van der Waals surface area contributed by atoms with Gasteiger partial charge in [-0.1, -0.05) is 60.7 Å². The van der Waals surface area contributed by atoms with Gasteiger partial charge in [0.15, 0.2) is 0 Å². The molecule has 4 heteroatoms. The molecular weight excluding hydrogens is 251 g/mol. The van der Waals surface area contributed by atoms with Crippen LogP contribution in [0.15, 0.2) is 71.3 Å². The van der Waals surface area contributed by atoms with Crippen LogP contribution in [0.2, 0.25) is 0 Å². The zero-order chi connectivity index (χ0) is 13.9. The molecule has 98 valence electrons. The molecule has 0 aliphatic rings. The molecule has 1 aromatic heterocycles. The van der Waals surface area contributed by atoms with Crippen molar-refractivity contribution in [2.75, 3.05) is 0 Å². The third-order valence-electron chi connectivity index (χ3n) is 3.20. The fourth-order valence-corrected chi connectivity index (χ4v) is 2.30. The van der Waals surface area contributed by atoms with Crippen LogP contribution in [0.5, 0.6) is 0 Å². The Bertz CT molecular complexity index is 690. The third-order valence-corrected chi connectivity index (χ3v) is 3.20. The minimum Gasteiger partial charge on any atom is -0.472 e. The van der Waals surface area contributed by atoms with Crippen molar-refractivity contribution in [3.63, 3.8) is 0 Å². The second-order valence-corrected chi connectivity index (χ2v) is 4.49. The Labute approximate surface area is 117 Å². The first-order valence-electron chi connectivity index (χ1n) is 6.35. The lowest BCUT2D eigenvalue weighted by Crippen LogP contribution is -2.30. The smallest absolute Gasteiger partial charge is 0.472 e. The van der Waals surface area contributed by atoms with Crippen molar-refractivity contribution in [1.82, 2.24) is 0 Å². The Morgan fingerprint density at radius 2 is 1.30 bits per heavy atom. The lowest BCUT2D eigenvalue weighted by atomic mass is 9.80. The molecule has 0 saturated carbocycles. The molecule has 0 radical (unpaired) electrons. The molecule has 3 rings (SSSR count). The molecule has 0 unspecified atom stereocenters. The summed E-state index contributed by atoms with van der Waals surface area (Å²) < 4.78 is 5.37. The summed E-state index contributed by atoms with van der Waals surface area (Å²) in [6, 6.07) is 19.3. The second-order valence-electron chi connectivity index (χ2n) is 4.49. The Hall–Kier alpha value is -2.30. The summed E-state index contributed by atoms with van der Waals surface area (Å²) in [5, 5.41) is 19.0. The standard InChI is InChI=1S/C16H13BO3/c18-17(19)16-15(13-9-5-2-6-10-13)14(11-20-16)12-7-3-1-4-8-12/h1-11,18-19H. The quantitative estimate of drug-likeness (QED) is 0.713. The van der Waals surface area contributed by atoms with E-state index in [1.54, 1.807) is 6.26 Å². The van der Waals surface area contributed by atoms with E-state index in [-0.39, 0.29) is 5.66 Å². The zero-order valence-corrected chi connectivity index (χ0v) is 10.7. The van der Waals surface area contributed by atoms with Gasteiger partial charge in [0, 0.05) is 11.1 Å². The van der Waals surface area contributed by atoms with Gasteiger partial charge in [0.05, 0.1) is 6.26 Å². The topological polar surface area (TPSA) is 53.6 Å². The van der Waals surface area contributed by atoms with Gasteiger partial charge in [-0.25, -0.2) is 0 Å². The highest BCUT2D eigenvalue weighted by Gasteiger charge is 2.25. The second kappa shape index (κ2) is 5.37. The van der Waals surface area contributed by atoms with E-state index in [0.29, 0.717) is 5.56 Å². The maximum Gasteiger partial charge on any atom is 0.527 e. The third kappa shape index (κ3) is 2.27. The number of benzene rings is 2. The van der Waals surface area contributed by atoms with E-state index in [0.717, 1.165) is 16.7 Å². The average molecular weight is 264 g/mol. The molecule has 0 fully saturated rings. The van der Waals surface area contributed by atoms with Gasteiger partial charge < -0.3 is 14.5 Å². The number of rotatable bonds is 3. The highest BCUT2D eigenvalue weighted by atomic mass is 16.4. The maximum absolute atomic E-state index is 9.49. The van der Waals surface area contributed by atoms with E-state index in [1.807, 2.05) is 60.7 Å². The van der Waals surface area contributed by atoms with Gasteiger partial charge in [0.1, 0.15) is 5.66 Å². The van der Waals surface area contributed by atoms with E-state index in [9.17, 15) is 10.0 Å². The molecule has 3 aromatic rings. The monoisotopic (exact) mass is 264 g/mol. The molecule has 1 heterocycles. The van der Waals surface area contributed by atoms with Crippen LogP contribution in [-0.4, -0.2) is 17.2 Å². The Morgan fingerprint density at radius 1 is 0.750 bits per heavy atom. The SMILES string of the molecule is OB(O)c1occ(-c2ccccc2)c1-c1ccccc1. The largest absolute Gasteiger partial charge is 0.527 e. The minimum atomic E-state index is -1.64. The first-order valence-corrected chi connectivity index (χ1v) is 6.35. The Morgan fingerprint density at radius 3 is 1.85 bits per heavy atom. The highest BCUT2D eigenvalue weighted by molar-refractivity contribution is 6.59. The van der Waals surface area contributed by atoms with Crippen LogP contribution in [-0.2, 0) is 0 Å². The lowest BCUT2D eigenvalue weighted by molar-refractivity contribution is 0.410. The molecule has 0 atom stereocenters. The van der Waals surface area contributed by atoms with Crippen LogP contribution >= 0.6 is 0 Å². The zero-order valence-electron chi connectivity index (χ0n) is 10.7.